The largest absolute Gasteiger partial charge is 0.339 e. The van der Waals surface area contributed by atoms with Crippen molar-refractivity contribution in [3.63, 3.8) is 0 Å². The summed E-state index contributed by atoms with van der Waals surface area (Å²) in [5.41, 5.74) is -0.187. The van der Waals surface area contributed by atoms with E-state index >= 15 is 0 Å². The molecule has 0 aromatic carbocycles. The van der Waals surface area contributed by atoms with Crippen molar-refractivity contribution in [2.75, 3.05) is 39.3 Å². The van der Waals surface area contributed by atoms with Crippen LogP contribution >= 0.6 is 0 Å². The molecular weight excluding hydrogens is 362 g/mol. The Kier molecular flexibility index (Phi) is 4.31. The highest BCUT2D eigenvalue weighted by atomic mass is 16.2. The fourth-order valence-corrected chi connectivity index (χ4v) is 8.80. The molecule has 4 bridgehead atoms. The van der Waals surface area contributed by atoms with E-state index in [-0.39, 0.29) is 10.8 Å². The number of rotatable bonds is 2. The van der Waals surface area contributed by atoms with Crippen LogP contribution in [0.1, 0.15) is 64.2 Å². The molecule has 5 nitrogen and oxygen atoms in total. The molecular formula is C24H37N3O2. The number of hydrogen-bond donors (Lipinski definition) is 1. The highest BCUT2D eigenvalue weighted by Gasteiger charge is 2.56. The maximum Gasteiger partial charge on any atom is 0.230 e. The van der Waals surface area contributed by atoms with Crippen LogP contribution in [0.4, 0.5) is 0 Å². The summed E-state index contributed by atoms with van der Waals surface area (Å²) in [5, 5.41) is 3.51. The number of amides is 2. The Hall–Kier alpha value is -1.10. The van der Waals surface area contributed by atoms with Crippen molar-refractivity contribution >= 4 is 11.8 Å². The van der Waals surface area contributed by atoms with Gasteiger partial charge in [-0.1, -0.05) is 12.8 Å². The average Bonchev–Trinajstić information content (AvgIpc) is 3.17. The molecule has 2 amide bonds. The zero-order chi connectivity index (χ0) is 19.6. The first-order chi connectivity index (χ1) is 14.1. The van der Waals surface area contributed by atoms with Gasteiger partial charge in [-0.25, -0.2) is 0 Å². The van der Waals surface area contributed by atoms with Crippen LogP contribution < -0.4 is 5.32 Å². The third-order valence-electron chi connectivity index (χ3n) is 9.81. The van der Waals surface area contributed by atoms with Crippen LogP contribution in [0.3, 0.4) is 0 Å². The molecule has 5 heteroatoms. The molecule has 5 saturated carbocycles. The molecule has 0 aromatic rings. The lowest BCUT2D eigenvalue weighted by Crippen LogP contribution is -2.60. The van der Waals surface area contributed by atoms with Crippen LogP contribution in [0, 0.1) is 34.5 Å². The molecule has 5 aliphatic carbocycles. The Bertz CT molecular complexity index is 663. The fourth-order valence-electron chi connectivity index (χ4n) is 8.80. The molecule has 2 atom stereocenters. The highest BCUT2D eigenvalue weighted by Crippen LogP contribution is 2.60. The molecule has 7 aliphatic rings. The molecule has 7 rings (SSSR count). The fraction of sp³-hybridized carbons (Fsp3) is 0.917. The molecule has 29 heavy (non-hydrogen) atoms. The van der Waals surface area contributed by atoms with E-state index in [0.29, 0.717) is 17.7 Å². The van der Waals surface area contributed by atoms with Gasteiger partial charge >= 0.3 is 0 Å². The Morgan fingerprint density at radius 3 is 2.00 bits per heavy atom. The van der Waals surface area contributed by atoms with Crippen LogP contribution in [0.15, 0.2) is 0 Å². The number of nitrogens with zero attached hydrogens (tertiary/aromatic N) is 2. The third kappa shape index (κ3) is 2.82. The Labute approximate surface area is 174 Å². The van der Waals surface area contributed by atoms with Gasteiger partial charge in [0, 0.05) is 32.7 Å². The maximum absolute atomic E-state index is 13.6. The van der Waals surface area contributed by atoms with Crippen LogP contribution in [-0.4, -0.2) is 60.9 Å². The number of hydrogen-bond acceptors (Lipinski definition) is 3. The Morgan fingerprint density at radius 2 is 1.38 bits per heavy atom. The van der Waals surface area contributed by atoms with Crippen molar-refractivity contribution < 1.29 is 9.59 Å². The number of piperazine rings is 1. The number of carbonyl (C=O) groups is 2. The summed E-state index contributed by atoms with van der Waals surface area (Å²) in [6, 6.07) is 0. The molecule has 1 N–H and O–H groups in total. The third-order valence-corrected chi connectivity index (χ3v) is 9.81. The normalized spacial score (nSPS) is 46.1. The average molecular weight is 400 g/mol. The van der Waals surface area contributed by atoms with E-state index in [9.17, 15) is 9.59 Å². The first kappa shape index (κ1) is 18.7. The first-order valence-corrected chi connectivity index (χ1v) is 12.4. The maximum atomic E-state index is 13.6. The Balaban J connectivity index is 1.12. The lowest BCUT2D eigenvalue weighted by atomic mass is 9.49. The lowest BCUT2D eigenvalue weighted by Gasteiger charge is -2.57. The van der Waals surface area contributed by atoms with Gasteiger partial charge < -0.3 is 15.1 Å². The minimum absolute atomic E-state index is 0.0382. The van der Waals surface area contributed by atoms with Gasteiger partial charge in [-0.2, -0.15) is 0 Å². The number of carbonyl (C=O) groups excluding carboxylic acids is 2. The summed E-state index contributed by atoms with van der Waals surface area (Å²) in [4.78, 5) is 31.4. The van der Waals surface area contributed by atoms with Crippen molar-refractivity contribution in [3.05, 3.63) is 0 Å². The molecule has 2 saturated heterocycles. The van der Waals surface area contributed by atoms with Crippen molar-refractivity contribution in [1.82, 2.24) is 15.1 Å². The van der Waals surface area contributed by atoms with E-state index < -0.39 is 0 Å². The molecule has 0 unspecified atom stereocenters. The van der Waals surface area contributed by atoms with Gasteiger partial charge in [0.25, 0.3) is 0 Å². The minimum Gasteiger partial charge on any atom is -0.339 e. The molecule has 2 heterocycles. The predicted octanol–water partition coefficient (Wildman–Crippen LogP) is 2.65. The topological polar surface area (TPSA) is 52.7 Å². The second-order valence-electron chi connectivity index (χ2n) is 11.5. The highest BCUT2D eigenvalue weighted by molar-refractivity contribution is 5.86. The zero-order valence-corrected chi connectivity index (χ0v) is 17.8. The minimum atomic E-state index is -0.148. The van der Waals surface area contributed by atoms with E-state index in [0.717, 1.165) is 82.7 Å². The van der Waals surface area contributed by atoms with Crippen molar-refractivity contribution in [3.8, 4) is 0 Å². The summed E-state index contributed by atoms with van der Waals surface area (Å²) in [6.07, 6.45) is 12.3. The van der Waals surface area contributed by atoms with E-state index in [1.54, 1.807) is 0 Å². The van der Waals surface area contributed by atoms with Crippen LogP contribution in [0.2, 0.25) is 0 Å². The van der Waals surface area contributed by atoms with Gasteiger partial charge in [-0.3, -0.25) is 9.59 Å². The molecule has 7 fully saturated rings. The van der Waals surface area contributed by atoms with E-state index in [2.05, 4.69) is 15.1 Å². The standard InChI is InChI=1S/C24H37N3O2/c28-21(23-12-17-9-18(13-23)11-19(10-17)14-23)26-5-7-27(8-6-26)22(29)24-4-2-1-3-20(24)15-25-16-24/h17-20,25H,1-16H2/t17?,18?,19?,20-,23?,24+/m0/s1. The molecule has 0 aromatic heterocycles. The predicted molar refractivity (Wildman–Crippen MR) is 111 cm³/mol. The summed E-state index contributed by atoms with van der Waals surface area (Å²) in [5.74, 6) is 3.78. The van der Waals surface area contributed by atoms with Crippen molar-refractivity contribution in [1.29, 1.82) is 0 Å². The molecule has 0 spiro atoms. The lowest BCUT2D eigenvalue weighted by molar-refractivity contribution is -0.162. The van der Waals surface area contributed by atoms with Gasteiger partial charge in [-0.15, -0.1) is 0 Å². The number of nitrogens with one attached hydrogen (secondary N) is 1. The van der Waals surface area contributed by atoms with Crippen LogP contribution in [0.5, 0.6) is 0 Å². The monoisotopic (exact) mass is 399 g/mol. The quantitative estimate of drug-likeness (QED) is 0.777. The summed E-state index contributed by atoms with van der Waals surface area (Å²) < 4.78 is 0. The van der Waals surface area contributed by atoms with Crippen molar-refractivity contribution in [2.45, 2.75) is 64.2 Å². The molecule has 0 radical (unpaired) electrons. The van der Waals surface area contributed by atoms with E-state index in [4.69, 9.17) is 0 Å². The van der Waals surface area contributed by atoms with E-state index in [1.165, 1.54) is 38.5 Å². The zero-order valence-electron chi connectivity index (χ0n) is 17.8. The summed E-state index contributed by atoms with van der Waals surface area (Å²) >= 11 is 0. The first-order valence-electron chi connectivity index (χ1n) is 12.4. The Morgan fingerprint density at radius 1 is 0.793 bits per heavy atom. The second kappa shape index (κ2) is 6.70. The van der Waals surface area contributed by atoms with Gasteiger partial charge in [0.15, 0.2) is 0 Å². The van der Waals surface area contributed by atoms with Gasteiger partial charge in [0.2, 0.25) is 11.8 Å². The summed E-state index contributed by atoms with van der Waals surface area (Å²) in [6.45, 7) is 4.86. The molecule has 160 valence electrons. The van der Waals surface area contributed by atoms with Crippen LogP contribution in [0.25, 0.3) is 0 Å². The van der Waals surface area contributed by atoms with Crippen LogP contribution in [-0.2, 0) is 9.59 Å². The van der Waals surface area contributed by atoms with Gasteiger partial charge in [0.05, 0.1) is 10.8 Å². The van der Waals surface area contributed by atoms with Gasteiger partial charge in [0.1, 0.15) is 0 Å². The molecule has 2 aliphatic heterocycles. The SMILES string of the molecule is O=C(N1CCN(C(=O)[C@@]23CCCC[C@H]2CNC3)CC1)C12CC3CC(CC(C3)C1)C2. The van der Waals surface area contributed by atoms with Crippen molar-refractivity contribution in [2.24, 2.45) is 34.5 Å². The van der Waals surface area contributed by atoms with E-state index in [1.807, 2.05) is 0 Å². The summed E-state index contributed by atoms with van der Waals surface area (Å²) in [7, 11) is 0. The smallest absolute Gasteiger partial charge is 0.230 e. The van der Waals surface area contributed by atoms with Gasteiger partial charge in [-0.05, 0) is 81.6 Å². The number of fused-ring (bicyclic) bond motifs is 1. The second-order valence-corrected chi connectivity index (χ2v) is 11.5.